The van der Waals surface area contributed by atoms with E-state index in [0.29, 0.717) is 17.9 Å². The Bertz CT molecular complexity index is 969. The normalized spacial score (nSPS) is 11.9. The summed E-state index contributed by atoms with van der Waals surface area (Å²) < 4.78 is 10.7. The van der Waals surface area contributed by atoms with Crippen LogP contribution in [0.1, 0.15) is 28.4 Å². The molecule has 1 amide bonds. The summed E-state index contributed by atoms with van der Waals surface area (Å²) >= 11 is 0. The van der Waals surface area contributed by atoms with Gasteiger partial charge in [-0.2, -0.15) is 0 Å². The van der Waals surface area contributed by atoms with Gasteiger partial charge in [-0.15, -0.1) is 0 Å². The Labute approximate surface area is 163 Å². The van der Waals surface area contributed by atoms with Crippen LogP contribution in [0, 0.1) is 0 Å². The zero-order valence-electron chi connectivity index (χ0n) is 15.6. The number of amides is 1. The molecule has 4 rings (SSSR count). The Balaban J connectivity index is 1.34. The molecule has 0 fully saturated rings. The SMILES string of the molecule is CCc1ccc(NC(=O)c2ccc(NCc3ccc4c(c3)OCO4)nc2)cc1. The van der Waals surface area contributed by atoms with E-state index in [1.54, 1.807) is 18.3 Å². The third-order valence-corrected chi connectivity index (χ3v) is 4.56. The number of benzene rings is 2. The molecule has 0 unspecified atom stereocenters. The van der Waals surface area contributed by atoms with Crippen LogP contribution in [-0.2, 0) is 13.0 Å². The predicted molar refractivity (Wildman–Crippen MR) is 108 cm³/mol. The molecule has 2 N–H and O–H groups in total. The van der Waals surface area contributed by atoms with Crippen molar-refractivity contribution in [2.45, 2.75) is 19.9 Å². The molecule has 0 aliphatic carbocycles. The van der Waals surface area contributed by atoms with E-state index in [1.807, 2.05) is 42.5 Å². The standard InChI is InChI=1S/C22H21N3O3/c1-2-15-3-7-18(8-4-15)25-22(26)17-6-10-21(24-13-17)23-12-16-5-9-19-20(11-16)28-14-27-19/h3-11,13H,2,12,14H2,1H3,(H,23,24)(H,25,26). The molecule has 0 saturated heterocycles. The van der Waals surface area contributed by atoms with E-state index in [1.165, 1.54) is 5.56 Å². The van der Waals surface area contributed by atoms with E-state index in [0.717, 1.165) is 29.2 Å². The number of nitrogens with zero attached hydrogens (tertiary/aromatic N) is 1. The van der Waals surface area contributed by atoms with Crippen LogP contribution in [0.15, 0.2) is 60.8 Å². The molecule has 2 aromatic carbocycles. The molecule has 142 valence electrons. The van der Waals surface area contributed by atoms with Crippen LogP contribution < -0.4 is 20.1 Å². The van der Waals surface area contributed by atoms with E-state index in [2.05, 4.69) is 22.5 Å². The number of rotatable bonds is 6. The zero-order valence-corrected chi connectivity index (χ0v) is 15.6. The number of ether oxygens (including phenoxy) is 2. The first kappa shape index (κ1) is 17.9. The summed E-state index contributed by atoms with van der Waals surface area (Å²) in [4.78, 5) is 16.7. The molecule has 28 heavy (non-hydrogen) atoms. The number of fused-ring (bicyclic) bond motifs is 1. The molecule has 0 bridgehead atoms. The molecule has 3 aromatic rings. The quantitative estimate of drug-likeness (QED) is 0.674. The fraction of sp³-hybridized carbons (Fsp3) is 0.182. The lowest BCUT2D eigenvalue weighted by atomic mass is 10.1. The Kier molecular flexibility index (Phi) is 5.10. The minimum Gasteiger partial charge on any atom is -0.454 e. The number of aromatic nitrogens is 1. The summed E-state index contributed by atoms with van der Waals surface area (Å²) in [7, 11) is 0. The molecule has 6 nitrogen and oxygen atoms in total. The van der Waals surface area contributed by atoms with Gasteiger partial charge in [0.2, 0.25) is 6.79 Å². The lowest BCUT2D eigenvalue weighted by Crippen LogP contribution is -2.12. The highest BCUT2D eigenvalue weighted by atomic mass is 16.7. The van der Waals surface area contributed by atoms with Crippen LogP contribution in [0.2, 0.25) is 0 Å². The van der Waals surface area contributed by atoms with Crippen molar-refractivity contribution >= 4 is 17.4 Å². The van der Waals surface area contributed by atoms with Crippen LogP contribution in [0.5, 0.6) is 11.5 Å². The summed E-state index contributed by atoms with van der Waals surface area (Å²) in [5.74, 6) is 2.04. The van der Waals surface area contributed by atoms with Crippen molar-refractivity contribution in [3.8, 4) is 11.5 Å². The van der Waals surface area contributed by atoms with Crippen molar-refractivity contribution < 1.29 is 14.3 Å². The van der Waals surface area contributed by atoms with Crippen LogP contribution in [-0.4, -0.2) is 17.7 Å². The summed E-state index contributed by atoms with van der Waals surface area (Å²) in [6.07, 6.45) is 2.54. The highest BCUT2D eigenvalue weighted by Crippen LogP contribution is 2.32. The monoisotopic (exact) mass is 375 g/mol. The minimum atomic E-state index is -0.181. The third kappa shape index (κ3) is 4.06. The van der Waals surface area contributed by atoms with Crippen molar-refractivity contribution in [1.29, 1.82) is 0 Å². The Morgan fingerprint density at radius 3 is 2.54 bits per heavy atom. The number of hydrogen-bond acceptors (Lipinski definition) is 5. The topological polar surface area (TPSA) is 72.5 Å². The molecule has 1 aromatic heterocycles. The van der Waals surface area contributed by atoms with Gasteiger partial charge in [-0.05, 0) is 53.9 Å². The molecule has 2 heterocycles. The number of aryl methyl sites for hydroxylation is 1. The molecule has 0 atom stereocenters. The molecule has 6 heteroatoms. The third-order valence-electron chi connectivity index (χ3n) is 4.56. The van der Waals surface area contributed by atoms with Crippen molar-refractivity contribution in [1.82, 2.24) is 4.98 Å². The van der Waals surface area contributed by atoms with Gasteiger partial charge in [-0.3, -0.25) is 4.79 Å². The lowest BCUT2D eigenvalue weighted by Gasteiger charge is -2.08. The van der Waals surface area contributed by atoms with Crippen molar-refractivity contribution in [2.24, 2.45) is 0 Å². The molecule has 0 saturated carbocycles. The maximum Gasteiger partial charge on any atom is 0.257 e. The Morgan fingerprint density at radius 2 is 1.79 bits per heavy atom. The highest BCUT2D eigenvalue weighted by molar-refractivity contribution is 6.04. The van der Waals surface area contributed by atoms with Crippen molar-refractivity contribution in [2.75, 3.05) is 17.4 Å². The summed E-state index contributed by atoms with van der Waals surface area (Å²) in [6.45, 7) is 2.96. The summed E-state index contributed by atoms with van der Waals surface area (Å²) in [5.41, 5.74) is 3.57. The molecule has 1 aliphatic rings. The zero-order chi connectivity index (χ0) is 19.3. The minimum absolute atomic E-state index is 0.181. The average Bonchev–Trinajstić information content (AvgIpc) is 3.21. The van der Waals surface area contributed by atoms with E-state index in [9.17, 15) is 4.79 Å². The average molecular weight is 375 g/mol. The van der Waals surface area contributed by atoms with E-state index in [-0.39, 0.29) is 12.7 Å². The number of nitrogens with one attached hydrogen (secondary N) is 2. The van der Waals surface area contributed by atoms with Gasteiger partial charge in [0.15, 0.2) is 11.5 Å². The van der Waals surface area contributed by atoms with Gasteiger partial charge < -0.3 is 20.1 Å². The van der Waals surface area contributed by atoms with Gasteiger partial charge in [0.1, 0.15) is 5.82 Å². The van der Waals surface area contributed by atoms with Crippen LogP contribution in [0.4, 0.5) is 11.5 Å². The summed E-state index contributed by atoms with van der Waals surface area (Å²) in [5, 5.41) is 6.13. The summed E-state index contributed by atoms with van der Waals surface area (Å²) in [6, 6.07) is 17.2. The van der Waals surface area contributed by atoms with Gasteiger partial charge >= 0.3 is 0 Å². The number of anilines is 2. The maximum atomic E-state index is 12.4. The smallest absolute Gasteiger partial charge is 0.257 e. The van der Waals surface area contributed by atoms with Gasteiger partial charge in [0, 0.05) is 18.4 Å². The molecule has 0 radical (unpaired) electrons. The highest BCUT2D eigenvalue weighted by Gasteiger charge is 2.13. The number of hydrogen-bond donors (Lipinski definition) is 2. The molecule has 1 aliphatic heterocycles. The largest absolute Gasteiger partial charge is 0.454 e. The number of carbonyl (C=O) groups excluding carboxylic acids is 1. The molecule has 0 spiro atoms. The lowest BCUT2D eigenvalue weighted by molar-refractivity contribution is 0.102. The molecular weight excluding hydrogens is 354 g/mol. The first-order chi connectivity index (χ1) is 13.7. The van der Waals surface area contributed by atoms with Gasteiger partial charge in [-0.1, -0.05) is 25.1 Å². The number of carbonyl (C=O) groups is 1. The van der Waals surface area contributed by atoms with Crippen molar-refractivity contribution in [3.05, 3.63) is 77.5 Å². The first-order valence-corrected chi connectivity index (χ1v) is 9.20. The second-order valence-electron chi connectivity index (χ2n) is 6.48. The second-order valence-corrected chi connectivity index (χ2v) is 6.48. The van der Waals surface area contributed by atoms with E-state index < -0.39 is 0 Å². The van der Waals surface area contributed by atoms with E-state index >= 15 is 0 Å². The van der Waals surface area contributed by atoms with E-state index in [4.69, 9.17) is 9.47 Å². The van der Waals surface area contributed by atoms with Gasteiger partial charge in [-0.25, -0.2) is 4.98 Å². The fourth-order valence-electron chi connectivity index (χ4n) is 2.90. The first-order valence-electron chi connectivity index (χ1n) is 9.20. The maximum absolute atomic E-state index is 12.4. The fourth-order valence-corrected chi connectivity index (χ4v) is 2.90. The molecular formula is C22H21N3O3. The Morgan fingerprint density at radius 1 is 1.00 bits per heavy atom. The second kappa shape index (κ2) is 8.00. The Hall–Kier alpha value is -3.54. The predicted octanol–water partition coefficient (Wildman–Crippen LogP) is 4.24. The van der Waals surface area contributed by atoms with Crippen LogP contribution in [0.3, 0.4) is 0 Å². The van der Waals surface area contributed by atoms with Crippen molar-refractivity contribution in [3.63, 3.8) is 0 Å². The van der Waals surface area contributed by atoms with Gasteiger partial charge in [0.05, 0.1) is 5.56 Å². The number of pyridine rings is 1. The van der Waals surface area contributed by atoms with Gasteiger partial charge in [0.25, 0.3) is 5.91 Å². The van der Waals surface area contributed by atoms with Crippen LogP contribution in [0.25, 0.3) is 0 Å². The van der Waals surface area contributed by atoms with Crippen LogP contribution >= 0.6 is 0 Å².